The van der Waals surface area contributed by atoms with Crippen molar-refractivity contribution in [2.75, 3.05) is 5.73 Å². The van der Waals surface area contributed by atoms with E-state index < -0.39 is 0 Å². The van der Waals surface area contributed by atoms with Crippen LogP contribution < -0.4 is 5.73 Å². The first-order valence-electron chi connectivity index (χ1n) is 15.5. The summed E-state index contributed by atoms with van der Waals surface area (Å²) in [5, 5.41) is 8.52. The Bertz CT molecular complexity index is 871. The molecule has 0 saturated heterocycles. The molecule has 7 nitrogen and oxygen atoms in total. The van der Waals surface area contributed by atoms with E-state index in [1.54, 1.807) is 0 Å². The van der Waals surface area contributed by atoms with E-state index >= 15 is 0 Å². The van der Waals surface area contributed by atoms with Crippen molar-refractivity contribution in [2.24, 2.45) is 0 Å². The van der Waals surface area contributed by atoms with Crippen LogP contribution in [0.15, 0.2) is 24.5 Å². The lowest BCUT2D eigenvalue weighted by molar-refractivity contribution is -0.119. The van der Waals surface area contributed by atoms with Gasteiger partial charge in [-0.1, -0.05) is 82.1 Å². The van der Waals surface area contributed by atoms with Crippen LogP contribution in [-0.4, -0.2) is 30.7 Å². The maximum atomic E-state index is 12.2. The molecule has 0 atom stereocenters. The van der Waals surface area contributed by atoms with Crippen molar-refractivity contribution >= 4 is 11.7 Å². The molecule has 0 bridgehead atoms. The van der Waals surface area contributed by atoms with Gasteiger partial charge in [0.05, 0.1) is 11.9 Å². The van der Waals surface area contributed by atoms with Crippen LogP contribution in [0, 0.1) is 0 Å². The molecule has 0 aromatic carbocycles. The maximum Gasteiger partial charge on any atom is 0.197 e. The summed E-state index contributed by atoms with van der Waals surface area (Å²) in [6.45, 7) is 3.04. The molecule has 0 amide bonds. The SMILES string of the molecule is CCCCCCCC/C=C/CCCCCCCC(=O)CCCn1cc(CCCCCc2cnc(N)[nH]2)nn1. The average Bonchev–Trinajstić information content (AvgIpc) is 3.54. The number of aromatic nitrogens is 5. The lowest BCUT2D eigenvalue weighted by Gasteiger charge is -2.02. The summed E-state index contributed by atoms with van der Waals surface area (Å²) in [6.07, 6.45) is 32.8. The van der Waals surface area contributed by atoms with Gasteiger partial charge in [-0.25, -0.2) is 4.98 Å². The number of Topliss-reactive ketones (excluding diaryl/α,β-unsaturated/α-hetero) is 1. The van der Waals surface area contributed by atoms with Gasteiger partial charge in [-0.05, 0) is 64.2 Å². The van der Waals surface area contributed by atoms with Crippen molar-refractivity contribution in [3.63, 3.8) is 0 Å². The fraction of sp³-hybridized carbons (Fsp3) is 0.742. The summed E-state index contributed by atoms with van der Waals surface area (Å²) < 4.78 is 1.89. The fourth-order valence-corrected chi connectivity index (χ4v) is 4.82. The Labute approximate surface area is 231 Å². The van der Waals surface area contributed by atoms with Crippen LogP contribution in [-0.2, 0) is 24.2 Å². The molecular weight excluding hydrogens is 472 g/mol. The third kappa shape index (κ3) is 16.4. The van der Waals surface area contributed by atoms with Crippen LogP contribution >= 0.6 is 0 Å². The number of H-pyrrole nitrogens is 1. The first kappa shape index (κ1) is 31.8. The number of nitrogens with two attached hydrogens (primary N) is 1. The van der Waals surface area contributed by atoms with Gasteiger partial charge in [0.15, 0.2) is 5.95 Å². The summed E-state index contributed by atoms with van der Waals surface area (Å²) >= 11 is 0. The molecule has 2 heterocycles. The third-order valence-electron chi connectivity index (χ3n) is 7.17. The fourth-order valence-electron chi connectivity index (χ4n) is 4.82. The van der Waals surface area contributed by atoms with Crippen molar-refractivity contribution < 1.29 is 4.79 Å². The summed E-state index contributed by atoms with van der Waals surface area (Å²) in [5.41, 5.74) is 7.74. The highest BCUT2D eigenvalue weighted by molar-refractivity contribution is 5.78. The minimum absolute atomic E-state index is 0.391. The normalized spacial score (nSPS) is 11.6. The molecule has 0 radical (unpaired) electrons. The molecule has 0 aliphatic rings. The van der Waals surface area contributed by atoms with Crippen LogP contribution in [0.4, 0.5) is 5.95 Å². The quantitative estimate of drug-likeness (QED) is 0.101. The Morgan fingerprint density at radius 2 is 1.47 bits per heavy atom. The number of ketones is 1. The number of aromatic amines is 1. The Morgan fingerprint density at radius 3 is 2.18 bits per heavy atom. The lowest BCUT2D eigenvalue weighted by Crippen LogP contribution is -2.03. The van der Waals surface area contributed by atoms with E-state index in [-0.39, 0.29) is 0 Å². The number of carbonyl (C=O) groups excluding carboxylic acids is 1. The smallest absolute Gasteiger partial charge is 0.197 e. The van der Waals surface area contributed by atoms with Gasteiger partial charge in [-0.3, -0.25) is 9.48 Å². The Morgan fingerprint density at radius 1 is 0.842 bits per heavy atom. The molecule has 2 aromatic rings. The topological polar surface area (TPSA) is 102 Å². The number of anilines is 1. The first-order chi connectivity index (χ1) is 18.7. The maximum absolute atomic E-state index is 12.2. The van der Waals surface area contributed by atoms with Crippen LogP contribution in [0.5, 0.6) is 0 Å². The van der Waals surface area contributed by atoms with Gasteiger partial charge in [-0.15, -0.1) is 5.10 Å². The standard InChI is InChI=1S/C31H54N6O/c1-2-3-4-5-6-7-8-9-10-11-12-13-14-15-19-23-30(38)24-20-25-37-27-29(35-36-37)22-18-16-17-21-28-26-33-31(32)34-28/h9-10,26-27H,2-8,11-25H2,1H3,(H3,32,33,34)/b10-9+. The molecule has 7 heteroatoms. The first-order valence-corrected chi connectivity index (χ1v) is 15.5. The van der Waals surface area contributed by atoms with Gasteiger partial charge in [0.25, 0.3) is 0 Å². The summed E-state index contributed by atoms with van der Waals surface area (Å²) in [7, 11) is 0. The Kier molecular flexibility index (Phi) is 18.0. The predicted octanol–water partition coefficient (Wildman–Crippen LogP) is 7.93. The minimum atomic E-state index is 0.391. The number of carbonyl (C=O) groups is 1. The monoisotopic (exact) mass is 526 g/mol. The van der Waals surface area contributed by atoms with Crippen molar-refractivity contribution in [3.05, 3.63) is 35.9 Å². The van der Waals surface area contributed by atoms with Gasteiger partial charge in [0.1, 0.15) is 5.78 Å². The summed E-state index contributed by atoms with van der Waals surface area (Å²) in [4.78, 5) is 19.3. The number of rotatable bonds is 25. The van der Waals surface area contributed by atoms with Crippen molar-refractivity contribution in [3.8, 4) is 0 Å². The molecule has 214 valence electrons. The van der Waals surface area contributed by atoms with Gasteiger partial charge < -0.3 is 10.7 Å². The van der Waals surface area contributed by atoms with Crippen molar-refractivity contribution in [2.45, 2.75) is 148 Å². The zero-order valence-electron chi connectivity index (χ0n) is 24.1. The number of allylic oxidation sites excluding steroid dienone is 2. The molecule has 38 heavy (non-hydrogen) atoms. The van der Waals surface area contributed by atoms with Gasteiger partial charge in [0.2, 0.25) is 0 Å². The molecule has 0 saturated carbocycles. The highest BCUT2D eigenvalue weighted by Crippen LogP contribution is 2.12. The second kappa shape index (κ2) is 21.5. The largest absolute Gasteiger partial charge is 0.369 e. The van der Waals surface area contributed by atoms with E-state index in [0.29, 0.717) is 18.2 Å². The number of aryl methyl sites for hydroxylation is 3. The van der Waals surface area contributed by atoms with Gasteiger partial charge in [0, 0.05) is 31.3 Å². The molecule has 0 unspecified atom stereocenters. The van der Waals surface area contributed by atoms with E-state index in [4.69, 9.17) is 5.73 Å². The molecular formula is C31H54N6O. The summed E-state index contributed by atoms with van der Waals surface area (Å²) in [6, 6.07) is 0. The second-order valence-corrected chi connectivity index (χ2v) is 10.8. The van der Waals surface area contributed by atoms with E-state index in [2.05, 4.69) is 39.4 Å². The molecule has 0 aliphatic carbocycles. The number of imidazole rings is 1. The number of hydrogen-bond acceptors (Lipinski definition) is 5. The Balaban J connectivity index is 1.36. The zero-order valence-corrected chi connectivity index (χ0v) is 24.1. The van der Waals surface area contributed by atoms with E-state index in [1.807, 2.05) is 17.1 Å². The molecule has 2 aromatic heterocycles. The molecule has 2 rings (SSSR count). The number of nitrogen functional groups attached to an aromatic ring is 1. The lowest BCUT2D eigenvalue weighted by atomic mass is 10.0. The highest BCUT2D eigenvalue weighted by atomic mass is 16.1. The van der Waals surface area contributed by atoms with Crippen LogP contribution in [0.3, 0.4) is 0 Å². The third-order valence-corrected chi connectivity index (χ3v) is 7.17. The number of nitrogens with zero attached hydrogens (tertiary/aromatic N) is 4. The van der Waals surface area contributed by atoms with Crippen LogP contribution in [0.25, 0.3) is 0 Å². The number of nitrogens with one attached hydrogen (secondary N) is 1. The van der Waals surface area contributed by atoms with Crippen LogP contribution in [0.2, 0.25) is 0 Å². The summed E-state index contributed by atoms with van der Waals surface area (Å²) in [5.74, 6) is 0.878. The molecule has 0 spiro atoms. The van der Waals surface area contributed by atoms with Gasteiger partial charge >= 0.3 is 0 Å². The average molecular weight is 527 g/mol. The number of unbranched alkanes of at least 4 members (excludes halogenated alkanes) is 13. The molecule has 3 N–H and O–H groups in total. The van der Waals surface area contributed by atoms with E-state index in [0.717, 1.165) is 69.3 Å². The Hall–Kier alpha value is -2.44. The van der Waals surface area contributed by atoms with E-state index in [9.17, 15) is 4.79 Å². The van der Waals surface area contributed by atoms with Crippen molar-refractivity contribution in [1.29, 1.82) is 0 Å². The van der Waals surface area contributed by atoms with Crippen molar-refractivity contribution in [1.82, 2.24) is 25.0 Å². The molecule has 0 aliphatic heterocycles. The highest BCUT2D eigenvalue weighted by Gasteiger charge is 2.05. The number of hydrogen-bond donors (Lipinski definition) is 2. The zero-order chi connectivity index (χ0) is 27.1. The minimum Gasteiger partial charge on any atom is -0.369 e. The van der Waals surface area contributed by atoms with E-state index in [1.165, 1.54) is 77.0 Å². The predicted molar refractivity (Wildman–Crippen MR) is 158 cm³/mol. The second-order valence-electron chi connectivity index (χ2n) is 10.8. The van der Waals surface area contributed by atoms with Crippen LogP contribution in [0.1, 0.15) is 140 Å². The van der Waals surface area contributed by atoms with Gasteiger partial charge in [-0.2, -0.15) is 0 Å². The molecule has 0 fully saturated rings.